The van der Waals surface area contributed by atoms with Crippen molar-refractivity contribution in [1.29, 1.82) is 0 Å². The minimum absolute atomic E-state index is 0.305. The van der Waals surface area contributed by atoms with Crippen LogP contribution in [0.5, 0.6) is 5.75 Å². The van der Waals surface area contributed by atoms with E-state index in [1.807, 2.05) is 17.2 Å². The fourth-order valence-electron chi connectivity index (χ4n) is 3.35. The highest BCUT2D eigenvalue weighted by molar-refractivity contribution is 5.65. The molecule has 144 valence electrons. The molecule has 0 spiro atoms. The summed E-state index contributed by atoms with van der Waals surface area (Å²) in [6.45, 7) is 2.27. The lowest BCUT2D eigenvalue weighted by atomic mass is 10.1. The van der Waals surface area contributed by atoms with Crippen molar-refractivity contribution in [3.63, 3.8) is 0 Å². The van der Waals surface area contributed by atoms with Crippen LogP contribution in [0.25, 0.3) is 11.3 Å². The van der Waals surface area contributed by atoms with Gasteiger partial charge in [-0.3, -0.25) is 9.88 Å². The van der Waals surface area contributed by atoms with Crippen molar-refractivity contribution in [3.8, 4) is 17.0 Å². The molecule has 0 aliphatic carbocycles. The Balaban J connectivity index is 1.44. The number of benzene rings is 1. The second-order valence-electron chi connectivity index (χ2n) is 6.92. The lowest BCUT2D eigenvalue weighted by Crippen LogP contribution is -2.58. The number of anilines is 1. The molecule has 1 fully saturated rings. The third kappa shape index (κ3) is 3.66. The first kappa shape index (κ1) is 18.3. The Morgan fingerprint density at radius 3 is 2.64 bits per heavy atom. The molecule has 0 amide bonds. The van der Waals surface area contributed by atoms with Gasteiger partial charge in [0, 0.05) is 43.6 Å². The summed E-state index contributed by atoms with van der Waals surface area (Å²) in [6, 6.07) is 11.5. The van der Waals surface area contributed by atoms with Crippen LogP contribution in [0.1, 0.15) is 5.56 Å². The van der Waals surface area contributed by atoms with Crippen molar-refractivity contribution in [3.05, 3.63) is 66.5 Å². The SMILES string of the molecule is COc1ccc(-c2ncnc(N3CC(N(C)Cc4cccnc4)C3)c2F)cc1. The molecule has 6 nitrogen and oxygen atoms in total. The van der Waals surface area contributed by atoms with Gasteiger partial charge in [-0.05, 0) is 42.9 Å². The number of methoxy groups -OCH3 is 1. The molecule has 0 N–H and O–H groups in total. The van der Waals surface area contributed by atoms with Crippen molar-refractivity contribution >= 4 is 5.82 Å². The van der Waals surface area contributed by atoms with E-state index in [2.05, 4.69) is 33.0 Å². The van der Waals surface area contributed by atoms with Gasteiger partial charge in [0.15, 0.2) is 11.6 Å². The van der Waals surface area contributed by atoms with E-state index in [0.29, 0.717) is 23.1 Å². The molecule has 28 heavy (non-hydrogen) atoms. The highest BCUT2D eigenvalue weighted by Gasteiger charge is 2.33. The number of ether oxygens (including phenoxy) is 1. The molecule has 0 radical (unpaired) electrons. The summed E-state index contributed by atoms with van der Waals surface area (Å²) >= 11 is 0. The van der Waals surface area contributed by atoms with Crippen LogP contribution in [0, 0.1) is 5.82 Å². The van der Waals surface area contributed by atoms with Crippen LogP contribution < -0.4 is 9.64 Å². The zero-order valence-electron chi connectivity index (χ0n) is 15.9. The first-order valence-electron chi connectivity index (χ1n) is 9.14. The maximum absolute atomic E-state index is 15.1. The molecule has 7 heteroatoms. The van der Waals surface area contributed by atoms with E-state index in [4.69, 9.17) is 4.74 Å². The topological polar surface area (TPSA) is 54.4 Å². The van der Waals surface area contributed by atoms with Gasteiger partial charge in [-0.1, -0.05) is 6.07 Å². The summed E-state index contributed by atoms with van der Waals surface area (Å²) in [5, 5.41) is 0. The van der Waals surface area contributed by atoms with Gasteiger partial charge in [0.25, 0.3) is 0 Å². The minimum atomic E-state index is -0.388. The molecule has 1 aliphatic heterocycles. The average molecular weight is 379 g/mol. The molecule has 4 rings (SSSR count). The Bertz CT molecular complexity index is 929. The molecule has 2 aromatic heterocycles. The summed E-state index contributed by atoms with van der Waals surface area (Å²) in [4.78, 5) is 16.7. The van der Waals surface area contributed by atoms with Crippen LogP contribution in [0.2, 0.25) is 0 Å². The van der Waals surface area contributed by atoms with Crippen molar-refractivity contribution in [2.75, 3.05) is 32.1 Å². The van der Waals surface area contributed by atoms with Crippen LogP contribution in [0.3, 0.4) is 0 Å². The molecule has 0 bridgehead atoms. The first-order chi connectivity index (χ1) is 13.7. The van der Waals surface area contributed by atoms with E-state index in [9.17, 15) is 0 Å². The summed E-state index contributed by atoms with van der Waals surface area (Å²) in [7, 11) is 3.68. The predicted molar refractivity (Wildman–Crippen MR) is 106 cm³/mol. The fourth-order valence-corrected chi connectivity index (χ4v) is 3.35. The number of pyridine rings is 1. The van der Waals surface area contributed by atoms with Crippen molar-refractivity contribution in [1.82, 2.24) is 19.9 Å². The van der Waals surface area contributed by atoms with Gasteiger partial charge >= 0.3 is 0 Å². The van der Waals surface area contributed by atoms with E-state index in [-0.39, 0.29) is 5.82 Å². The van der Waals surface area contributed by atoms with Gasteiger partial charge in [-0.25, -0.2) is 14.4 Å². The number of halogens is 1. The van der Waals surface area contributed by atoms with E-state index in [1.165, 1.54) is 11.9 Å². The molecule has 1 aliphatic rings. The third-order valence-corrected chi connectivity index (χ3v) is 5.07. The Morgan fingerprint density at radius 2 is 1.96 bits per heavy atom. The molecule has 1 saturated heterocycles. The van der Waals surface area contributed by atoms with E-state index < -0.39 is 0 Å². The molecule has 0 atom stereocenters. The molecule has 1 aromatic carbocycles. The lowest BCUT2D eigenvalue weighted by molar-refractivity contribution is 0.195. The highest BCUT2D eigenvalue weighted by atomic mass is 19.1. The number of hydrogen-bond donors (Lipinski definition) is 0. The Labute approximate surface area is 163 Å². The van der Waals surface area contributed by atoms with E-state index >= 15 is 4.39 Å². The zero-order chi connectivity index (χ0) is 19.5. The van der Waals surface area contributed by atoms with E-state index in [1.54, 1.807) is 37.6 Å². The van der Waals surface area contributed by atoms with Crippen LogP contribution >= 0.6 is 0 Å². The molecule has 0 unspecified atom stereocenters. The van der Waals surface area contributed by atoms with Crippen molar-refractivity contribution in [2.24, 2.45) is 0 Å². The molecule has 3 aromatic rings. The second-order valence-corrected chi connectivity index (χ2v) is 6.92. The van der Waals surface area contributed by atoms with Crippen molar-refractivity contribution < 1.29 is 9.13 Å². The van der Waals surface area contributed by atoms with Gasteiger partial charge in [-0.2, -0.15) is 0 Å². The van der Waals surface area contributed by atoms with Gasteiger partial charge in [0.05, 0.1) is 7.11 Å². The Morgan fingerprint density at radius 1 is 1.18 bits per heavy atom. The average Bonchev–Trinajstić information content (AvgIpc) is 2.69. The summed E-state index contributed by atoms with van der Waals surface area (Å²) in [6.07, 6.45) is 5.07. The molecule has 3 heterocycles. The first-order valence-corrected chi connectivity index (χ1v) is 9.14. The largest absolute Gasteiger partial charge is 0.497 e. The van der Waals surface area contributed by atoms with Gasteiger partial charge in [-0.15, -0.1) is 0 Å². The van der Waals surface area contributed by atoms with Crippen molar-refractivity contribution in [2.45, 2.75) is 12.6 Å². The molecular formula is C21H22FN5O. The number of likely N-dealkylation sites (N-methyl/N-ethyl adjacent to an activating group) is 1. The minimum Gasteiger partial charge on any atom is -0.497 e. The summed E-state index contributed by atoms with van der Waals surface area (Å²) in [5.74, 6) is 0.688. The fraction of sp³-hybridized carbons (Fsp3) is 0.286. The smallest absolute Gasteiger partial charge is 0.191 e. The maximum Gasteiger partial charge on any atom is 0.191 e. The molecular weight excluding hydrogens is 357 g/mol. The van der Waals surface area contributed by atoms with Crippen LogP contribution in [-0.2, 0) is 6.54 Å². The monoisotopic (exact) mass is 379 g/mol. The lowest BCUT2D eigenvalue weighted by Gasteiger charge is -2.44. The quantitative estimate of drug-likeness (QED) is 0.656. The van der Waals surface area contributed by atoms with Gasteiger partial charge < -0.3 is 9.64 Å². The Kier molecular flexibility index (Phi) is 5.16. The maximum atomic E-state index is 15.1. The van der Waals surface area contributed by atoms with Gasteiger partial charge in [0.1, 0.15) is 17.8 Å². The second kappa shape index (κ2) is 7.90. The number of aromatic nitrogens is 3. The number of hydrogen-bond acceptors (Lipinski definition) is 6. The number of nitrogens with zero attached hydrogens (tertiary/aromatic N) is 5. The van der Waals surface area contributed by atoms with Gasteiger partial charge in [0.2, 0.25) is 0 Å². The third-order valence-electron chi connectivity index (χ3n) is 5.07. The highest BCUT2D eigenvalue weighted by Crippen LogP contribution is 2.30. The van der Waals surface area contributed by atoms with Crippen LogP contribution in [0.4, 0.5) is 10.2 Å². The Hall–Kier alpha value is -3.06. The normalized spacial score (nSPS) is 14.2. The summed E-state index contributed by atoms with van der Waals surface area (Å²) < 4.78 is 20.2. The van der Waals surface area contributed by atoms with Crippen LogP contribution in [0.15, 0.2) is 55.1 Å². The molecule has 0 saturated carbocycles. The van der Waals surface area contributed by atoms with Crippen LogP contribution in [-0.4, -0.2) is 53.1 Å². The standard InChI is InChI=1S/C21H22FN5O/c1-26(11-15-4-3-9-23-10-15)17-12-27(13-17)21-19(22)20(24-14-25-21)16-5-7-18(28-2)8-6-16/h3-10,14,17H,11-13H2,1-2H3. The zero-order valence-corrected chi connectivity index (χ0v) is 15.9. The van der Waals surface area contributed by atoms with E-state index in [0.717, 1.165) is 25.4 Å². The number of rotatable bonds is 6. The predicted octanol–water partition coefficient (Wildman–Crippen LogP) is 3.01. The summed E-state index contributed by atoms with van der Waals surface area (Å²) in [5.41, 5.74) is 2.17.